The highest BCUT2D eigenvalue weighted by Gasteiger charge is 2.24. The number of rotatable bonds is 4. The van der Waals surface area contributed by atoms with Gasteiger partial charge in [-0.3, -0.25) is 9.48 Å². The van der Waals surface area contributed by atoms with Crippen LogP contribution in [0.15, 0.2) is 48.8 Å². The van der Waals surface area contributed by atoms with Gasteiger partial charge in [0.15, 0.2) is 0 Å². The Balaban J connectivity index is 1.53. The van der Waals surface area contributed by atoms with Crippen LogP contribution in [-0.4, -0.2) is 46.8 Å². The largest absolute Gasteiger partial charge is 0.371 e. The first kappa shape index (κ1) is 16.3. The number of aromatic nitrogens is 2. The fourth-order valence-corrected chi connectivity index (χ4v) is 3.15. The van der Waals surface area contributed by atoms with Crippen LogP contribution in [-0.2, 0) is 11.8 Å². The molecule has 0 aliphatic carbocycles. The third-order valence-electron chi connectivity index (χ3n) is 4.63. The number of aryl methyl sites for hydroxylation is 1. The molecule has 0 saturated carbocycles. The normalized spacial score (nSPS) is 15.8. The molecule has 0 bridgehead atoms. The molecule has 0 unspecified atom stereocenters. The molecule has 1 aliphatic rings. The molecule has 3 rings (SSSR count). The van der Waals surface area contributed by atoms with Crippen molar-refractivity contribution in [3.63, 3.8) is 0 Å². The first-order valence-electron chi connectivity index (χ1n) is 8.37. The number of hydrogen-bond acceptors (Lipinski definition) is 3. The van der Waals surface area contributed by atoms with Gasteiger partial charge >= 0.3 is 0 Å². The van der Waals surface area contributed by atoms with Crippen molar-refractivity contribution in [3.8, 4) is 0 Å². The summed E-state index contributed by atoms with van der Waals surface area (Å²) in [6.45, 7) is 1.61. The van der Waals surface area contributed by atoms with Crippen molar-refractivity contribution in [2.24, 2.45) is 7.05 Å². The number of hydrogen-bond donors (Lipinski definition) is 0. The van der Waals surface area contributed by atoms with E-state index in [9.17, 15) is 4.79 Å². The van der Waals surface area contributed by atoms with Crippen LogP contribution in [0.2, 0.25) is 0 Å². The summed E-state index contributed by atoms with van der Waals surface area (Å²) >= 11 is 0. The van der Waals surface area contributed by atoms with Crippen LogP contribution >= 0.6 is 0 Å². The van der Waals surface area contributed by atoms with Crippen LogP contribution in [0, 0.1) is 0 Å². The smallest absolute Gasteiger partial charge is 0.246 e. The summed E-state index contributed by atoms with van der Waals surface area (Å²) < 4.78 is 1.73. The maximum Gasteiger partial charge on any atom is 0.246 e. The van der Waals surface area contributed by atoms with E-state index in [0.29, 0.717) is 6.04 Å². The third-order valence-corrected chi connectivity index (χ3v) is 4.63. The number of piperidine rings is 1. The Labute approximate surface area is 143 Å². The van der Waals surface area contributed by atoms with Crippen LogP contribution in [0.4, 0.5) is 5.69 Å². The molecule has 126 valence electrons. The van der Waals surface area contributed by atoms with Gasteiger partial charge in [-0.2, -0.15) is 5.10 Å². The van der Waals surface area contributed by atoms with Crippen LogP contribution in [0.5, 0.6) is 0 Å². The minimum atomic E-state index is 0.0830. The SMILES string of the molecule is CN(c1ccccc1)C1CCN(C(=O)/C=C/c2cnn(C)c2)CC1. The van der Waals surface area contributed by atoms with Crippen LogP contribution in [0.1, 0.15) is 18.4 Å². The number of amides is 1. The predicted octanol–water partition coefficient (Wildman–Crippen LogP) is 2.56. The number of likely N-dealkylation sites (tertiary alicyclic amines) is 1. The minimum Gasteiger partial charge on any atom is -0.371 e. The first-order chi connectivity index (χ1) is 11.6. The number of carbonyl (C=O) groups excluding carboxylic acids is 1. The second-order valence-corrected chi connectivity index (χ2v) is 6.28. The Morgan fingerprint density at radius 2 is 1.96 bits per heavy atom. The van der Waals surface area contributed by atoms with Crippen molar-refractivity contribution in [2.45, 2.75) is 18.9 Å². The molecule has 5 nitrogen and oxygen atoms in total. The molecule has 1 fully saturated rings. The lowest BCUT2D eigenvalue weighted by Gasteiger charge is -2.37. The minimum absolute atomic E-state index is 0.0830. The van der Waals surface area contributed by atoms with E-state index in [4.69, 9.17) is 0 Å². The van der Waals surface area contributed by atoms with E-state index in [2.05, 4.69) is 41.3 Å². The average Bonchev–Trinajstić information content (AvgIpc) is 3.05. The average molecular weight is 324 g/mol. The van der Waals surface area contributed by atoms with Gasteiger partial charge in [0.05, 0.1) is 6.20 Å². The van der Waals surface area contributed by atoms with Gasteiger partial charge in [0.2, 0.25) is 5.91 Å². The quantitative estimate of drug-likeness (QED) is 0.812. The molecule has 1 aromatic carbocycles. The Kier molecular flexibility index (Phi) is 4.99. The number of carbonyl (C=O) groups is 1. The molecular weight excluding hydrogens is 300 g/mol. The second-order valence-electron chi connectivity index (χ2n) is 6.28. The summed E-state index contributed by atoms with van der Waals surface area (Å²) in [6.07, 6.45) is 9.13. The summed E-state index contributed by atoms with van der Waals surface area (Å²) in [5.41, 5.74) is 2.18. The predicted molar refractivity (Wildman–Crippen MR) is 96.7 cm³/mol. The molecular formula is C19H24N4O. The summed E-state index contributed by atoms with van der Waals surface area (Å²) in [4.78, 5) is 16.6. The van der Waals surface area contributed by atoms with Crippen LogP contribution in [0.25, 0.3) is 6.08 Å². The molecule has 5 heteroatoms. The number of para-hydroxylation sites is 1. The zero-order chi connectivity index (χ0) is 16.9. The van der Waals surface area contributed by atoms with Crippen molar-refractivity contribution in [3.05, 3.63) is 54.4 Å². The number of nitrogens with zero attached hydrogens (tertiary/aromatic N) is 4. The van der Waals surface area contributed by atoms with Gasteiger partial charge in [0.1, 0.15) is 0 Å². The van der Waals surface area contributed by atoms with Gasteiger partial charge in [0, 0.05) is 56.8 Å². The Hall–Kier alpha value is -2.56. The Morgan fingerprint density at radius 1 is 1.25 bits per heavy atom. The third kappa shape index (κ3) is 3.85. The fourth-order valence-electron chi connectivity index (χ4n) is 3.15. The maximum absolute atomic E-state index is 12.3. The van der Waals surface area contributed by atoms with Gasteiger partial charge in [-0.1, -0.05) is 18.2 Å². The molecule has 1 saturated heterocycles. The fraction of sp³-hybridized carbons (Fsp3) is 0.368. The standard InChI is InChI=1S/C19H24N4O/c1-21-15-16(14-20-21)8-9-19(24)23-12-10-18(11-13-23)22(2)17-6-4-3-5-7-17/h3-9,14-15,18H,10-13H2,1-2H3/b9-8+. The van der Waals surface area contributed by atoms with Crippen molar-refractivity contribution >= 4 is 17.7 Å². The molecule has 2 heterocycles. The summed E-state index contributed by atoms with van der Waals surface area (Å²) in [5, 5.41) is 4.10. The first-order valence-corrected chi connectivity index (χ1v) is 8.37. The van der Waals surface area contributed by atoms with Crippen LogP contribution in [0.3, 0.4) is 0 Å². The van der Waals surface area contributed by atoms with Crippen molar-refractivity contribution in [2.75, 3.05) is 25.0 Å². The van der Waals surface area contributed by atoms with Crippen molar-refractivity contribution < 1.29 is 4.79 Å². The van der Waals surface area contributed by atoms with E-state index < -0.39 is 0 Å². The number of benzene rings is 1. The lowest BCUT2D eigenvalue weighted by molar-refractivity contribution is -0.126. The lowest BCUT2D eigenvalue weighted by atomic mass is 10.0. The van der Waals surface area contributed by atoms with Gasteiger partial charge in [-0.05, 0) is 31.1 Å². The highest BCUT2D eigenvalue weighted by molar-refractivity contribution is 5.91. The molecule has 1 aromatic heterocycles. The van der Waals surface area contributed by atoms with E-state index in [1.807, 2.05) is 30.3 Å². The zero-order valence-corrected chi connectivity index (χ0v) is 14.3. The summed E-state index contributed by atoms with van der Waals surface area (Å²) in [7, 11) is 4.01. The van der Waals surface area contributed by atoms with Crippen LogP contribution < -0.4 is 4.90 Å². The molecule has 2 aromatic rings. The molecule has 0 N–H and O–H groups in total. The highest BCUT2D eigenvalue weighted by atomic mass is 16.2. The highest BCUT2D eigenvalue weighted by Crippen LogP contribution is 2.22. The Morgan fingerprint density at radius 3 is 2.58 bits per heavy atom. The molecule has 0 atom stereocenters. The second kappa shape index (κ2) is 7.34. The number of anilines is 1. The van der Waals surface area contributed by atoms with Gasteiger partial charge in [-0.15, -0.1) is 0 Å². The monoisotopic (exact) mass is 324 g/mol. The van der Waals surface area contributed by atoms with Crippen molar-refractivity contribution in [1.29, 1.82) is 0 Å². The van der Waals surface area contributed by atoms with E-state index in [0.717, 1.165) is 31.5 Å². The molecule has 0 radical (unpaired) electrons. The Bertz CT molecular complexity index is 699. The van der Waals surface area contributed by atoms with Gasteiger partial charge in [-0.25, -0.2) is 0 Å². The van der Waals surface area contributed by atoms with Gasteiger partial charge in [0.25, 0.3) is 0 Å². The van der Waals surface area contributed by atoms with E-state index in [1.54, 1.807) is 17.0 Å². The summed E-state index contributed by atoms with van der Waals surface area (Å²) in [6, 6.07) is 10.9. The lowest BCUT2D eigenvalue weighted by Crippen LogP contribution is -2.45. The van der Waals surface area contributed by atoms with E-state index in [1.165, 1.54) is 5.69 Å². The van der Waals surface area contributed by atoms with Gasteiger partial charge < -0.3 is 9.80 Å². The maximum atomic E-state index is 12.3. The molecule has 1 amide bonds. The van der Waals surface area contributed by atoms with E-state index in [-0.39, 0.29) is 5.91 Å². The molecule has 24 heavy (non-hydrogen) atoms. The topological polar surface area (TPSA) is 41.4 Å². The van der Waals surface area contributed by atoms with Crippen molar-refractivity contribution in [1.82, 2.24) is 14.7 Å². The molecule has 1 aliphatic heterocycles. The molecule has 0 spiro atoms. The summed E-state index contributed by atoms with van der Waals surface area (Å²) in [5.74, 6) is 0.0830. The zero-order valence-electron chi connectivity index (χ0n) is 14.3. The van der Waals surface area contributed by atoms with E-state index >= 15 is 0 Å².